The SMILES string of the molecule is C/C=C\c1ccc(OCc2nc3ccccc3n2CCCCOc2ccc(/C=C/C)cc2OC)c(OC)c1. The zero-order valence-corrected chi connectivity index (χ0v) is 22.6. The molecule has 0 unspecified atom stereocenters. The highest BCUT2D eigenvalue weighted by Gasteiger charge is 2.13. The second-order valence-corrected chi connectivity index (χ2v) is 8.83. The van der Waals surface area contributed by atoms with Crippen LogP contribution in [0, 0.1) is 0 Å². The van der Waals surface area contributed by atoms with Crippen molar-refractivity contribution in [2.75, 3.05) is 20.8 Å². The minimum Gasteiger partial charge on any atom is -0.493 e. The molecule has 198 valence electrons. The Bertz CT molecular complexity index is 1400. The van der Waals surface area contributed by atoms with Crippen LogP contribution in [0.1, 0.15) is 43.6 Å². The zero-order valence-electron chi connectivity index (χ0n) is 22.6. The minimum absolute atomic E-state index is 0.347. The maximum Gasteiger partial charge on any atom is 0.161 e. The van der Waals surface area contributed by atoms with Crippen molar-refractivity contribution in [3.63, 3.8) is 0 Å². The van der Waals surface area contributed by atoms with E-state index in [4.69, 9.17) is 23.9 Å². The van der Waals surface area contributed by atoms with E-state index in [-0.39, 0.29) is 0 Å². The molecule has 0 aliphatic carbocycles. The van der Waals surface area contributed by atoms with Gasteiger partial charge in [-0.1, -0.05) is 48.6 Å². The molecule has 0 amide bonds. The fourth-order valence-electron chi connectivity index (χ4n) is 4.38. The number of hydrogen-bond donors (Lipinski definition) is 0. The molecule has 0 atom stereocenters. The monoisotopic (exact) mass is 512 g/mol. The quantitative estimate of drug-likeness (QED) is 0.173. The molecule has 4 aromatic rings. The lowest BCUT2D eigenvalue weighted by atomic mass is 10.2. The van der Waals surface area contributed by atoms with Crippen LogP contribution < -0.4 is 18.9 Å². The van der Waals surface area contributed by atoms with E-state index in [0.29, 0.717) is 24.7 Å². The van der Waals surface area contributed by atoms with Crippen LogP contribution in [0.5, 0.6) is 23.0 Å². The first-order valence-electron chi connectivity index (χ1n) is 13.0. The van der Waals surface area contributed by atoms with Gasteiger partial charge in [-0.3, -0.25) is 0 Å². The van der Waals surface area contributed by atoms with Gasteiger partial charge < -0.3 is 23.5 Å². The van der Waals surface area contributed by atoms with Crippen molar-refractivity contribution in [1.29, 1.82) is 0 Å². The van der Waals surface area contributed by atoms with E-state index >= 15 is 0 Å². The van der Waals surface area contributed by atoms with Crippen molar-refractivity contribution in [1.82, 2.24) is 9.55 Å². The number of unbranched alkanes of at least 4 members (excludes halogenated alkanes) is 1. The second kappa shape index (κ2) is 13.4. The number of aryl methyl sites for hydroxylation is 1. The maximum atomic E-state index is 6.18. The Balaban J connectivity index is 1.40. The third kappa shape index (κ3) is 6.57. The number of fused-ring (bicyclic) bond motifs is 1. The number of rotatable bonds is 13. The molecule has 0 N–H and O–H groups in total. The summed E-state index contributed by atoms with van der Waals surface area (Å²) in [6.07, 6.45) is 9.91. The van der Waals surface area contributed by atoms with E-state index in [1.165, 1.54) is 0 Å². The molecule has 1 heterocycles. The summed E-state index contributed by atoms with van der Waals surface area (Å²) in [5.41, 5.74) is 4.22. The lowest BCUT2D eigenvalue weighted by molar-refractivity contribution is 0.268. The van der Waals surface area contributed by atoms with Gasteiger partial charge in [0.05, 0.1) is 31.9 Å². The van der Waals surface area contributed by atoms with E-state index in [1.54, 1.807) is 14.2 Å². The standard InChI is InChI=1S/C32H36N2O4/c1-5-11-24-15-17-28(30(21-24)35-3)37-20-10-9-19-34-27-14-8-7-13-26(27)33-32(34)23-38-29-18-16-25(12-6-2)22-31(29)36-4/h5-8,11-18,21-22H,9-10,19-20,23H2,1-4H3/b11-5+,12-6-. The van der Waals surface area contributed by atoms with Crippen LogP contribution in [-0.2, 0) is 13.2 Å². The number of ether oxygens (including phenoxy) is 4. The minimum atomic E-state index is 0.347. The summed E-state index contributed by atoms with van der Waals surface area (Å²) < 4.78 is 25.5. The molecular weight excluding hydrogens is 476 g/mol. The van der Waals surface area contributed by atoms with Crippen LogP contribution in [0.15, 0.2) is 72.8 Å². The van der Waals surface area contributed by atoms with E-state index in [9.17, 15) is 0 Å². The van der Waals surface area contributed by atoms with Gasteiger partial charge >= 0.3 is 0 Å². The molecule has 0 saturated carbocycles. The summed E-state index contributed by atoms with van der Waals surface area (Å²) in [4.78, 5) is 4.86. The van der Waals surface area contributed by atoms with Gasteiger partial charge in [-0.15, -0.1) is 0 Å². The number of allylic oxidation sites excluding steroid dienone is 2. The van der Waals surface area contributed by atoms with Gasteiger partial charge in [0.25, 0.3) is 0 Å². The van der Waals surface area contributed by atoms with Crippen LogP contribution >= 0.6 is 0 Å². The van der Waals surface area contributed by atoms with Crippen LogP contribution in [-0.4, -0.2) is 30.4 Å². The normalized spacial score (nSPS) is 11.5. The number of aromatic nitrogens is 2. The van der Waals surface area contributed by atoms with Crippen molar-refractivity contribution in [3.8, 4) is 23.0 Å². The molecular formula is C32H36N2O4. The zero-order chi connectivity index (χ0) is 26.7. The molecule has 6 nitrogen and oxygen atoms in total. The van der Waals surface area contributed by atoms with Crippen LogP contribution in [0.2, 0.25) is 0 Å². The van der Waals surface area contributed by atoms with E-state index in [2.05, 4.69) is 10.6 Å². The molecule has 6 heteroatoms. The molecule has 0 radical (unpaired) electrons. The fourth-order valence-corrected chi connectivity index (χ4v) is 4.38. The number of para-hydroxylation sites is 2. The molecule has 0 bridgehead atoms. The molecule has 0 spiro atoms. The fraction of sp³-hybridized carbons (Fsp3) is 0.281. The molecule has 38 heavy (non-hydrogen) atoms. The van der Waals surface area contributed by atoms with Crippen LogP contribution in [0.4, 0.5) is 0 Å². The first-order chi connectivity index (χ1) is 18.7. The van der Waals surface area contributed by atoms with Gasteiger partial charge in [0.2, 0.25) is 0 Å². The van der Waals surface area contributed by atoms with Crippen LogP contribution in [0.25, 0.3) is 23.2 Å². The molecule has 0 fully saturated rings. The summed E-state index contributed by atoms with van der Waals surface area (Å²) >= 11 is 0. The Labute approximate surface area is 225 Å². The third-order valence-corrected chi connectivity index (χ3v) is 6.22. The van der Waals surface area contributed by atoms with Gasteiger partial charge in [0.1, 0.15) is 12.4 Å². The smallest absolute Gasteiger partial charge is 0.161 e. The Kier molecular flexibility index (Phi) is 9.46. The van der Waals surface area contributed by atoms with Gasteiger partial charge in [0.15, 0.2) is 23.0 Å². The van der Waals surface area contributed by atoms with Gasteiger partial charge in [-0.2, -0.15) is 0 Å². The summed E-state index contributed by atoms with van der Waals surface area (Å²) in [6.45, 7) is 5.76. The second-order valence-electron chi connectivity index (χ2n) is 8.83. The van der Waals surface area contributed by atoms with E-state index < -0.39 is 0 Å². The largest absolute Gasteiger partial charge is 0.493 e. The number of nitrogens with zero attached hydrogens (tertiary/aromatic N) is 2. The number of imidazole rings is 1. The summed E-state index contributed by atoms with van der Waals surface area (Å²) in [6, 6.07) is 20.1. The van der Waals surface area contributed by atoms with Crippen molar-refractivity contribution in [2.45, 2.75) is 39.8 Å². The number of methoxy groups -OCH3 is 2. The summed E-state index contributed by atoms with van der Waals surface area (Å²) in [5.74, 6) is 3.79. The number of hydrogen-bond acceptors (Lipinski definition) is 5. The van der Waals surface area contributed by atoms with Crippen molar-refractivity contribution < 1.29 is 18.9 Å². The molecule has 4 rings (SSSR count). The lowest BCUT2D eigenvalue weighted by Gasteiger charge is -2.14. The highest BCUT2D eigenvalue weighted by molar-refractivity contribution is 5.75. The molecule has 0 aliphatic heterocycles. The topological polar surface area (TPSA) is 54.7 Å². The predicted octanol–water partition coefficient (Wildman–Crippen LogP) is 7.56. The molecule has 3 aromatic carbocycles. The predicted molar refractivity (Wildman–Crippen MR) is 154 cm³/mol. The average molecular weight is 513 g/mol. The Morgan fingerprint density at radius 3 is 2.00 bits per heavy atom. The molecule has 1 aromatic heterocycles. The van der Waals surface area contributed by atoms with E-state index in [0.717, 1.165) is 58.9 Å². The van der Waals surface area contributed by atoms with Gasteiger partial charge in [0, 0.05) is 6.54 Å². The van der Waals surface area contributed by atoms with E-state index in [1.807, 2.05) is 92.7 Å². The maximum absolute atomic E-state index is 6.18. The Morgan fingerprint density at radius 2 is 1.37 bits per heavy atom. The van der Waals surface area contributed by atoms with Crippen molar-refractivity contribution in [2.24, 2.45) is 0 Å². The Hall–Kier alpha value is -4.19. The van der Waals surface area contributed by atoms with Gasteiger partial charge in [-0.05, 0) is 74.2 Å². The lowest BCUT2D eigenvalue weighted by Crippen LogP contribution is -2.09. The number of benzene rings is 3. The molecule has 0 saturated heterocycles. The molecule has 0 aliphatic rings. The summed E-state index contributed by atoms with van der Waals surface area (Å²) in [7, 11) is 3.33. The first kappa shape index (κ1) is 26.9. The Morgan fingerprint density at radius 1 is 0.737 bits per heavy atom. The van der Waals surface area contributed by atoms with Crippen LogP contribution in [0.3, 0.4) is 0 Å². The third-order valence-electron chi connectivity index (χ3n) is 6.22. The van der Waals surface area contributed by atoms with Gasteiger partial charge in [-0.25, -0.2) is 4.98 Å². The van der Waals surface area contributed by atoms with Crippen molar-refractivity contribution in [3.05, 3.63) is 89.8 Å². The highest BCUT2D eigenvalue weighted by Crippen LogP contribution is 2.30. The highest BCUT2D eigenvalue weighted by atomic mass is 16.5. The first-order valence-corrected chi connectivity index (χ1v) is 13.0. The average Bonchev–Trinajstić information content (AvgIpc) is 3.30. The van der Waals surface area contributed by atoms with Crippen molar-refractivity contribution >= 4 is 23.2 Å². The summed E-state index contributed by atoms with van der Waals surface area (Å²) in [5, 5.41) is 0.